The summed E-state index contributed by atoms with van der Waals surface area (Å²) in [5, 5.41) is 5.96. The molecule has 0 spiro atoms. The van der Waals surface area contributed by atoms with Gasteiger partial charge in [-0.2, -0.15) is 0 Å². The van der Waals surface area contributed by atoms with Gasteiger partial charge in [0.1, 0.15) is 9.84 Å². The van der Waals surface area contributed by atoms with Crippen molar-refractivity contribution in [1.29, 1.82) is 0 Å². The van der Waals surface area contributed by atoms with Gasteiger partial charge in [0.15, 0.2) is 0 Å². The third kappa shape index (κ3) is 5.46. The van der Waals surface area contributed by atoms with Gasteiger partial charge in [0, 0.05) is 19.3 Å². The van der Waals surface area contributed by atoms with E-state index in [0.717, 1.165) is 25.9 Å². The minimum Gasteiger partial charge on any atom is -0.356 e. The Hall–Kier alpha value is -0.620. The van der Waals surface area contributed by atoms with Crippen molar-refractivity contribution in [2.24, 2.45) is 5.92 Å². The Balaban J connectivity index is 2.14. The van der Waals surface area contributed by atoms with Crippen LogP contribution in [0.2, 0.25) is 0 Å². The van der Waals surface area contributed by atoms with Gasteiger partial charge in [-0.3, -0.25) is 4.79 Å². The smallest absolute Gasteiger partial charge is 0.224 e. The highest BCUT2D eigenvalue weighted by molar-refractivity contribution is 7.90. The van der Waals surface area contributed by atoms with Crippen molar-refractivity contribution in [3.8, 4) is 0 Å². The average Bonchev–Trinajstić information content (AvgIpc) is 2.24. The molecule has 1 heterocycles. The van der Waals surface area contributed by atoms with Crippen LogP contribution in [0.3, 0.4) is 0 Å². The molecule has 5 nitrogen and oxygen atoms in total. The Bertz CT molecular complexity index is 321. The van der Waals surface area contributed by atoms with Crippen molar-refractivity contribution in [2.75, 3.05) is 31.6 Å². The molecule has 6 heteroatoms. The van der Waals surface area contributed by atoms with Crippen LogP contribution >= 0.6 is 0 Å². The van der Waals surface area contributed by atoms with Crippen LogP contribution in [0.4, 0.5) is 0 Å². The van der Waals surface area contributed by atoms with Crippen LogP contribution in [0, 0.1) is 5.92 Å². The third-order valence-electron chi connectivity index (χ3n) is 2.66. The summed E-state index contributed by atoms with van der Waals surface area (Å²) in [6.07, 6.45) is 3.65. The van der Waals surface area contributed by atoms with E-state index >= 15 is 0 Å². The fraction of sp³-hybridized carbons (Fsp3) is 0.900. The molecule has 2 N–H and O–H groups in total. The first-order valence-corrected chi connectivity index (χ1v) is 7.71. The first-order valence-electron chi connectivity index (χ1n) is 5.65. The number of hydrogen-bond acceptors (Lipinski definition) is 4. The van der Waals surface area contributed by atoms with Crippen molar-refractivity contribution < 1.29 is 13.2 Å². The van der Waals surface area contributed by atoms with E-state index in [0.29, 0.717) is 13.0 Å². The molecular formula is C10H20N2O3S. The van der Waals surface area contributed by atoms with Gasteiger partial charge in [0.25, 0.3) is 0 Å². The van der Waals surface area contributed by atoms with Crippen molar-refractivity contribution in [2.45, 2.75) is 19.3 Å². The molecule has 94 valence electrons. The number of carbonyl (C=O) groups is 1. The summed E-state index contributed by atoms with van der Waals surface area (Å²) in [5.41, 5.74) is 0. The Morgan fingerprint density at radius 3 is 2.81 bits per heavy atom. The van der Waals surface area contributed by atoms with Crippen LogP contribution in [-0.4, -0.2) is 46.0 Å². The molecular weight excluding hydrogens is 228 g/mol. The zero-order chi connectivity index (χ0) is 12.0. The van der Waals surface area contributed by atoms with Crippen LogP contribution in [0.25, 0.3) is 0 Å². The normalized spacial score (nSPS) is 21.7. The maximum Gasteiger partial charge on any atom is 0.224 e. The highest BCUT2D eigenvalue weighted by Gasteiger charge is 2.20. The number of sulfone groups is 1. The van der Waals surface area contributed by atoms with E-state index in [-0.39, 0.29) is 17.6 Å². The first kappa shape index (κ1) is 13.4. The Morgan fingerprint density at radius 2 is 2.25 bits per heavy atom. The van der Waals surface area contributed by atoms with Gasteiger partial charge in [-0.05, 0) is 25.8 Å². The molecule has 0 unspecified atom stereocenters. The maximum atomic E-state index is 11.6. The molecule has 1 fully saturated rings. The predicted molar refractivity (Wildman–Crippen MR) is 62.9 cm³/mol. The summed E-state index contributed by atoms with van der Waals surface area (Å²) < 4.78 is 21.7. The lowest BCUT2D eigenvalue weighted by Gasteiger charge is -2.21. The summed E-state index contributed by atoms with van der Waals surface area (Å²) in [4.78, 5) is 11.6. The van der Waals surface area contributed by atoms with Crippen molar-refractivity contribution >= 4 is 15.7 Å². The van der Waals surface area contributed by atoms with E-state index in [1.165, 1.54) is 6.26 Å². The number of piperidine rings is 1. The fourth-order valence-corrected chi connectivity index (χ4v) is 2.43. The summed E-state index contributed by atoms with van der Waals surface area (Å²) in [6.45, 7) is 2.16. The minimum absolute atomic E-state index is 0.0423. The Kier molecular flexibility index (Phi) is 5.21. The largest absolute Gasteiger partial charge is 0.356 e. The summed E-state index contributed by atoms with van der Waals surface area (Å²) in [7, 11) is -2.91. The molecule has 16 heavy (non-hydrogen) atoms. The summed E-state index contributed by atoms with van der Waals surface area (Å²) in [5.74, 6) is 0.226. The molecule has 1 atom stereocenters. The average molecular weight is 248 g/mol. The van der Waals surface area contributed by atoms with Gasteiger partial charge in [-0.25, -0.2) is 8.42 Å². The van der Waals surface area contributed by atoms with Crippen molar-refractivity contribution in [3.63, 3.8) is 0 Å². The highest BCUT2D eigenvalue weighted by Crippen LogP contribution is 2.09. The summed E-state index contributed by atoms with van der Waals surface area (Å²) in [6, 6.07) is 0. The standard InChI is InChI=1S/C10H20N2O3S/c1-16(14,15)7-3-6-12-10(13)9-4-2-5-11-8-9/h9,11H,2-8H2,1H3,(H,12,13)/t9-/m1/s1. The minimum atomic E-state index is -2.91. The van der Waals surface area contributed by atoms with Crippen LogP contribution in [0.1, 0.15) is 19.3 Å². The van der Waals surface area contributed by atoms with Gasteiger partial charge in [-0.1, -0.05) is 0 Å². The molecule has 1 aliphatic heterocycles. The lowest BCUT2D eigenvalue weighted by atomic mass is 9.99. The van der Waals surface area contributed by atoms with Gasteiger partial charge >= 0.3 is 0 Å². The number of carbonyl (C=O) groups excluding carboxylic acids is 1. The second-order valence-corrected chi connectivity index (χ2v) is 6.58. The van der Waals surface area contributed by atoms with E-state index in [9.17, 15) is 13.2 Å². The zero-order valence-corrected chi connectivity index (χ0v) is 10.5. The molecule has 1 saturated heterocycles. The van der Waals surface area contributed by atoms with Crippen LogP contribution < -0.4 is 10.6 Å². The van der Waals surface area contributed by atoms with Crippen LogP contribution in [-0.2, 0) is 14.6 Å². The summed E-state index contributed by atoms with van der Waals surface area (Å²) >= 11 is 0. The zero-order valence-electron chi connectivity index (χ0n) is 9.66. The second kappa shape index (κ2) is 6.20. The number of amides is 1. The van der Waals surface area contributed by atoms with E-state index in [1.807, 2.05) is 0 Å². The molecule has 1 aliphatic rings. The third-order valence-corrected chi connectivity index (χ3v) is 3.69. The van der Waals surface area contributed by atoms with Crippen LogP contribution in [0.5, 0.6) is 0 Å². The van der Waals surface area contributed by atoms with Gasteiger partial charge in [-0.15, -0.1) is 0 Å². The number of nitrogens with one attached hydrogen (secondary N) is 2. The Labute approximate surface area is 96.9 Å². The molecule has 1 amide bonds. The molecule has 0 aromatic carbocycles. The maximum absolute atomic E-state index is 11.6. The molecule has 0 bridgehead atoms. The monoisotopic (exact) mass is 248 g/mol. The SMILES string of the molecule is CS(=O)(=O)CCCNC(=O)[C@@H]1CCCNC1. The topological polar surface area (TPSA) is 75.3 Å². The Morgan fingerprint density at radius 1 is 1.50 bits per heavy atom. The van der Waals surface area contributed by atoms with E-state index in [1.54, 1.807) is 0 Å². The second-order valence-electron chi connectivity index (χ2n) is 4.32. The van der Waals surface area contributed by atoms with E-state index < -0.39 is 9.84 Å². The van der Waals surface area contributed by atoms with Gasteiger partial charge in [0.2, 0.25) is 5.91 Å². The van der Waals surface area contributed by atoms with Crippen molar-refractivity contribution in [1.82, 2.24) is 10.6 Å². The van der Waals surface area contributed by atoms with Gasteiger partial charge in [0.05, 0.1) is 11.7 Å². The molecule has 0 aromatic heterocycles. The first-order chi connectivity index (χ1) is 7.49. The molecule has 1 rings (SSSR count). The quantitative estimate of drug-likeness (QED) is 0.645. The predicted octanol–water partition coefficient (Wildman–Crippen LogP) is -0.463. The lowest BCUT2D eigenvalue weighted by Crippen LogP contribution is -2.41. The van der Waals surface area contributed by atoms with E-state index in [4.69, 9.17) is 0 Å². The number of rotatable bonds is 5. The fourth-order valence-electron chi connectivity index (χ4n) is 1.77. The molecule has 0 aromatic rings. The molecule has 0 radical (unpaired) electrons. The lowest BCUT2D eigenvalue weighted by molar-refractivity contribution is -0.125. The molecule has 0 saturated carbocycles. The number of hydrogen-bond donors (Lipinski definition) is 2. The van der Waals surface area contributed by atoms with Crippen molar-refractivity contribution in [3.05, 3.63) is 0 Å². The van der Waals surface area contributed by atoms with E-state index in [2.05, 4.69) is 10.6 Å². The molecule has 0 aliphatic carbocycles. The van der Waals surface area contributed by atoms with Crippen LogP contribution in [0.15, 0.2) is 0 Å². The highest BCUT2D eigenvalue weighted by atomic mass is 32.2. The van der Waals surface area contributed by atoms with Gasteiger partial charge < -0.3 is 10.6 Å².